The molecule has 3 heterocycles. The molecule has 0 fully saturated rings. The quantitative estimate of drug-likeness (QED) is 0.703. The fourth-order valence-corrected chi connectivity index (χ4v) is 1.51. The van der Waals surface area contributed by atoms with Crippen molar-refractivity contribution in [1.29, 1.82) is 0 Å². The molecule has 18 heavy (non-hydrogen) atoms. The summed E-state index contributed by atoms with van der Waals surface area (Å²) in [6.07, 6.45) is 5.20. The Bertz CT molecular complexity index is 623. The van der Waals surface area contributed by atoms with Gasteiger partial charge in [-0.3, -0.25) is 0 Å². The summed E-state index contributed by atoms with van der Waals surface area (Å²) in [7, 11) is 0. The third-order valence-corrected chi connectivity index (χ3v) is 2.29. The van der Waals surface area contributed by atoms with Crippen molar-refractivity contribution in [3.8, 4) is 17.6 Å². The highest BCUT2D eigenvalue weighted by atomic mass is 16.5. The summed E-state index contributed by atoms with van der Waals surface area (Å²) >= 11 is 0. The van der Waals surface area contributed by atoms with Gasteiger partial charge in [-0.2, -0.15) is 10.1 Å². The van der Waals surface area contributed by atoms with Crippen LogP contribution in [0.1, 0.15) is 0 Å². The Kier molecular flexibility index (Phi) is 2.71. The molecule has 0 saturated carbocycles. The first-order valence-corrected chi connectivity index (χ1v) is 5.48. The first-order valence-electron chi connectivity index (χ1n) is 5.48. The molecule has 5 heteroatoms. The highest BCUT2D eigenvalue weighted by molar-refractivity contribution is 5.28. The van der Waals surface area contributed by atoms with Crippen LogP contribution in [0.25, 0.3) is 5.82 Å². The number of pyridine rings is 2. The van der Waals surface area contributed by atoms with Crippen molar-refractivity contribution in [2.45, 2.75) is 0 Å². The van der Waals surface area contributed by atoms with Crippen LogP contribution in [0, 0.1) is 0 Å². The van der Waals surface area contributed by atoms with Gasteiger partial charge in [0.1, 0.15) is 0 Å². The van der Waals surface area contributed by atoms with Gasteiger partial charge in [-0.1, -0.05) is 12.1 Å². The van der Waals surface area contributed by atoms with Crippen LogP contribution < -0.4 is 4.74 Å². The summed E-state index contributed by atoms with van der Waals surface area (Å²) in [6, 6.07) is 12.8. The highest BCUT2D eigenvalue weighted by Crippen LogP contribution is 2.17. The van der Waals surface area contributed by atoms with Gasteiger partial charge in [-0.05, 0) is 18.2 Å². The zero-order valence-corrected chi connectivity index (χ0v) is 9.47. The van der Waals surface area contributed by atoms with E-state index in [9.17, 15) is 0 Å². The molecule has 0 aromatic carbocycles. The average molecular weight is 238 g/mol. The van der Waals surface area contributed by atoms with Crippen molar-refractivity contribution in [3.63, 3.8) is 0 Å². The number of rotatable bonds is 3. The summed E-state index contributed by atoms with van der Waals surface area (Å²) in [5.74, 6) is 1.71. The Balaban J connectivity index is 1.88. The van der Waals surface area contributed by atoms with Gasteiger partial charge >= 0.3 is 0 Å². The standard InChI is InChI=1S/C13H10N4O/c1-2-8-14-12(6-1)18-13-7-3-5-11(16-13)17-10-4-9-15-17/h1-10H. The number of hydrogen-bond donors (Lipinski definition) is 0. The van der Waals surface area contributed by atoms with Crippen molar-refractivity contribution in [3.05, 3.63) is 61.1 Å². The lowest BCUT2D eigenvalue weighted by atomic mass is 10.4. The Morgan fingerprint density at radius 1 is 0.889 bits per heavy atom. The molecule has 0 aliphatic carbocycles. The number of nitrogens with zero attached hydrogens (tertiary/aromatic N) is 4. The Labute approximate surface area is 104 Å². The first kappa shape index (κ1) is 10.5. The van der Waals surface area contributed by atoms with Crippen LogP contribution in [0.4, 0.5) is 0 Å². The van der Waals surface area contributed by atoms with Gasteiger partial charge < -0.3 is 4.74 Å². The van der Waals surface area contributed by atoms with E-state index in [0.717, 1.165) is 0 Å². The molecule has 0 spiro atoms. The normalized spacial score (nSPS) is 10.2. The predicted octanol–water partition coefficient (Wildman–Crippen LogP) is 2.45. The van der Waals surface area contributed by atoms with E-state index in [1.165, 1.54) is 0 Å². The van der Waals surface area contributed by atoms with Crippen LogP contribution in [0.5, 0.6) is 11.8 Å². The molecule has 0 radical (unpaired) electrons. The molecular weight excluding hydrogens is 228 g/mol. The lowest BCUT2D eigenvalue weighted by Gasteiger charge is -2.05. The molecule has 0 saturated heterocycles. The Hall–Kier alpha value is -2.69. The van der Waals surface area contributed by atoms with E-state index in [4.69, 9.17) is 4.74 Å². The molecule has 3 aromatic rings. The minimum absolute atomic E-state index is 0.488. The molecular formula is C13H10N4O. The molecule has 0 amide bonds. The first-order chi connectivity index (χ1) is 8.92. The van der Waals surface area contributed by atoms with E-state index in [1.807, 2.05) is 36.5 Å². The minimum atomic E-state index is 0.488. The molecule has 0 aliphatic rings. The maximum Gasteiger partial charge on any atom is 0.223 e. The van der Waals surface area contributed by atoms with Gasteiger partial charge in [-0.25, -0.2) is 9.67 Å². The summed E-state index contributed by atoms with van der Waals surface area (Å²) in [5.41, 5.74) is 0. The van der Waals surface area contributed by atoms with Gasteiger partial charge in [0.15, 0.2) is 5.82 Å². The van der Waals surface area contributed by atoms with Crippen molar-refractivity contribution < 1.29 is 4.74 Å². The molecule has 5 nitrogen and oxygen atoms in total. The van der Waals surface area contributed by atoms with E-state index >= 15 is 0 Å². The molecule has 3 aromatic heterocycles. The summed E-state index contributed by atoms with van der Waals surface area (Å²) in [4.78, 5) is 8.43. The van der Waals surface area contributed by atoms with Crippen LogP contribution in [-0.4, -0.2) is 19.7 Å². The van der Waals surface area contributed by atoms with Crippen molar-refractivity contribution in [2.24, 2.45) is 0 Å². The van der Waals surface area contributed by atoms with E-state index in [0.29, 0.717) is 17.6 Å². The molecule has 88 valence electrons. The molecule has 0 bridgehead atoms. The molecule has 0 unspecified atom stereocenters. The van der Waals surface area contributed by atoms with Crippen molar-refractivity contribution >= 4 is 0 Å². The van der Waals surface area contributed by atoms with Crippen LogP contribution in [0.15, 0.2) is 61.1 Å². The molecule has 0 atom stereocenters. The monoisotopic (exact) mass is 238 g/mol. The van der Waals surface area contributed by atoms with Gasteiger partial charge in [0.05, 0.1) is 0 Å². The lowest BCUT2D eigenvalue weighted by molar-refractivity contribution is 0.443. The summed E-state index contributed by atoms with van der Waals surface area (Å²) in [6.45, 7) is 0. The fraction of sp³-hybridized carbons (Fsp3) is 0. The molecule has 0 N–H and O–H groups in total. The second-order valence-corrected chi connectivity index (χ2v) is 3.55. The lowest BCUT2D eigenvalue weighted by Crippen LogP contribution is -1.99. The predicted molar refractivity (Wildman–Crippen MR) is 65.7 cm³/mol. The fourth-order valence-electron chi connectivity index (χ4n) is 1.51. The second-order valence-electron chi connectivity index (χ2n) is 3.55. The van der Waals surface area contributed by atoms with Crippen LogP contribution in [0.2, 0.25) is 0 Å². The topological polar surface area (TPSA) is 52.8 Å². The van der Waals surface area contributed by atoms with Crippen LogP contribution >= 0.6 is 0 Å². The average Bonchev–Trinajstić information content (AvgIpc) is 2.94. The zero-order chi connectivity index (χ0) is 12.2. The van der Waals surface area contributed by atoms with E-state index in [1.54, 1.807) is 29.2 Å². The number of ether oxygens (including phenoxy) is 1. The summed E-state index contributed by atoms with van der Waals surface area (Å²) in [5, 5.41) is 4.12. The van der Waals surface area contributed by atoms with E-state index in [2.05, 4.69) is 15.1 Å². The minimum Gasteiger partial charge on any atom is -0.421 e. The number of hydrogen-bond acceptors (Lipinski definition) is 4. The number of aromatic nitrogens is 4. The van der Waals surface area contributed by atoms with Gasteiger partial charge in [-0.15, -0.1) is 0 Å². The third kappa shape index (κ3) is 2.20. The Morgan fingerprint density at radius 2 is 1.83 bits per heavy atom. The third-order valence-electron chi connectivity index (χ3n) is 2.29. The van der Waals surface area contributed by atoms with Crippen LogP contribution in [0.3, 0.4) is 0 Å². The maximum atomic E-state index is 5.55. The highest BCUT2D eigenvalue weighted by Gasteiger charge is 2.02. The van der Waals surface area contributed by atoms with Gasteiger partial charge in [0.25, 0.3) is 0 Å². The van der Waals surface area contributed by atoms with E-state index in [-0.39, 0.29) is 0 Å². The van der Waals surface area contributed by atoms with E-state index < -0.39 is 0 Å². The summed E-state index contributed by atoms with van der Waals surface area (Å²) < 4.78 is 7.23. The molecule has 0 aliphatic heterocycles. The van der Waals surface area contributed by atoms with Gasteiger partial charge in [0.2, 0.25) is 11.8 Å². The van der Waals surface area contributed by atoms with Crippen LogP contribution in [-0.2, 0) is 0 Å². The SMILES string of the molecule is c1ccc(Oc2cccc(-n3cccn3)n2)nc1. The van der Waals surface area contributed by atoms with Crippen molar-refractivity contribution in [2.75, 3.05) is 0 Å². The Morgan fingerprint density at radius 3 is 2.61 bits per heavy atom. The van der Waals surface area contributed by atoms with Gasteiger partial charge in [0, 0.05) is 30.7 Å². The zero-order valence-electron chi connectivity index (χ0n) is 9.47. The molecule has 3 rings (SSSR count). The second kappa shape index (κ2) is 4.67. The smallest absolute Gasteiger partial charge is 0.223 e. The van der Waals surface area contributed by atoms with Crippen molar-refractivity contribution in [1.82, 2.24) is 19.7 Å². The maximum absolute atomic E-state index is 5.55. The largest absolute Gasteiger partial charge is 0.421 e.